The number of amides is 1. The van der Waals surface area contributed by atoms with E-state index in [-0.39, 0.29) is 18.7 Å². The maximum atomic E-state index is 13.2. The molecule has 9 heteroatoms. The molecular formula is C22H23NO8. The van der Waals surface area contributed by atoms with E-state index in [4.69, 9.17) is 23.7 Å². The average molecular weight is 429 g/mol. The Morgan fingerprint density at radius 2 is 1.81 bits per heavy atom. The number of esters is 1. The number of alkyl carbamates (subject to hydrolysis) is 1. The summed E-state index contributed by atoms with van der Waals surface area (Å²) in [7, 11) is 3.00. The lowest BCUT2D eigenvalue weighted by Crippen LogP contribution is -2.43. The highest BCUT2D eigenvalue weighted by Gasteiger charge is 2.41. The van der Waals surface area contributed by atoms with Crippen molar-refractivity contribution in [3.8, 4) is 17.2 Å². The van der Waals surface area contributed by atoms with Crippen molar-refractivity contribution < 1.29 is 38.1 Å². The zero-order valence-corrected chi connectivity index (χ0v) is 17.4. The van der Waals surface area contributed by atoms with Crippen LogP contribution in [0.5, 0.6) is 17.2 Å². The van der Waals surface area contributed by atoms with E-state index in [1.807, 2.05) is 0 Å². The predicted molar refractivity (Wildman–Crippen MR) is 109 cm³/mol. The maximum absolute atomic E-state index is 13.2. The first-order chi connectivity index (χ1) is 15.0. The Hall–Kier alpha value is -3.75. The largest absolute Gasteiger partial charge is 0.497 e. The number of methoxy groups -OCH3 is 2. The van der Waals surface area contributed by atoms with Crippen LogP contribution in [0.15, 0.2) is 42.5 Å². The molecule has 31 heavy (non-hydrogen) atoms. The van der Waals surface area contributed by atoms with E-state index < -0.39 is 30.1 Å². The standard InChI is InChI=1S/C22H23NO8/c1-4-29-18(24)12-23-22(26)31-21-19(25)16-11-15(28-3)8-9-17(16)30-20(21)13-6-5-7-14(10-13)27-2/h5-11,20-21H,4,12H2,1-3H3,(H,23,26)/t20-,21?/m0/s1. The molecule has 0 fully saturated rings. The van der Waals surface area contributed by atoms with Crippen LogP contribution in [0.1, 0.15) is 28.9 Å². The van der Waals surface area contributed by atoms with Crippen LogP contribution < -0.4 is 19.5 Å². The van der Waals surface area contributed by atoms with E-state index in [2.05, 4.69) is 5.32 Å². The fourth-order valence-electron chi connectivity index (χ4n) is 3.11. The zero-order valence-electron chi connectivity index (χ0n) is 17.4. The molecule has 0 spiro atoms. The van der Waals surface area contributed by atoms with E-state index in [0.29, 0.717) is 22.8 Å². The van der Waals surface area contributed by atoms with Crippen LogP contribution >= 0.6 is 0 Å². The van der Waals surface area contributed by atoms with E-state index in [1.54, 1.807) is 43.3 Å². The van der Waals surface area contributed by atoms with Crippen molar-refractivity contribution >= 4 is 17.8 Å². The molecule has 1 unspecified atom stereocenters. The lowest BCUT2D eigenvalue weighted by atomic mass is 9.93. The van der Waals surface area contributed by atoms with Gasteiger partial charge in [-0.25, -0.2) is 4.79 Å². The molecule has 1 aliphatic heterocycles. The van der Waals surface area contributed by atoms with Gasteiger partial charge in [0.15, 0.2) is 6.10 Å². The van der Waals surface area contributed by atoms with Gasteiger partial charge in [0.05, 0.1) is 26.4 Å². The first-order valence-electron chi connectivity index (χ1n) is 9.59. The number of fused-ring (bicyclic) bond motifs is 1. The minimum Gasteiger partial charge on any atom is -0.497 e. The second-order valence-corrected chi connectivity index (χ2v) is 6.53. The number of nitrogens with one attached hydrogen (secondary N) is 1. The van der Waals surface area contributed by atoms with E-state index in [0.717, 1.165) is 0 Å². The first-order valence-corrected chi connectivity index (χ1v) is 9.59. The minimum atomic E-state index is -1.30. The Morgan fingerprint density at radius 3 is 2.52 bits per heavy atom. The van der Waals surface area contributed by atoms with Crippen LogP contribution in [0, 0.1) is 0 Å². The summed E-state index contributed by atoms with van der Waals surface area (Å²) in [5.74, 6) is 0.274. The van der Waals surface area contributed by atoms with Gasteiger partial charge in [-0.1, -0.05) is 12.1 Å². The highest BCUT2D eigenvalue weighted by molar-refractivity contribution is 6.04. The number of ketones is 1. The third-order valence-corrected chi connectivity index (χ3v) is 4.58. The molecule has 0 saturated heterocycles. The molecule has 0 aliphatic carbocycles. The number of hydrogen-bond acceptors (Lipinski definition) is 8. The molecule has 0 saturated carbocycles. The summed E-state index contributed by atoms with van der Waals surface area (Å²) in [5, 5.41) is 2.28. The fraction of sp³-hybridized carbons (Fsp3) is 0.318. The van der Waals surface area contributed by atoms with Crippen molar-refractivity contribution in [2.45, 2.75) is 19.1 Å². The fourth-order valence-corrected chi connectivity index (χ4v) is 3.11. The number of carbonyl (C=O) groups excluding carboxylic acids is 3. The van der Waals surface area contributed by atoms with Crippen molar-refractivity contribution in [3.05, 3.63) is 53.6 Å². The van der Waals surface area contributed by atoms with Gasteiger partial charge in [0.1, 0.15) is 23.8 Å². The lowest BCUT2D eigenvalue weighted by molar-refractivity contribution is -0.141. The second-order valence-electron chi connectivity index (χ2n) is 6.53. The molecule has 9 nitrogen and oxygen atoms in total. The van der Waals surface area contributed by atoms with Crippen LogP contribution in [0.3, 0.4) is 0 Å². The normalized spacial score (nSPS) is 17.1. The summed E-state index contributed by atoms with van der Waals surface area (Å²) in [4.78, 5) is 37.0. The predicted octanol–water partition coefficient (Wildman–Crippen LogP) is 2.68. The Morgan fingerprint density at radius 1 is 1.06 bits per heavy atom. The Kier molecular flexibility index (Phi) is 6.96. The smallest absolute Gasteiger partial charge is 0.408 e. The topological polar surface area (TPSA) is 109 Å². The van der Waals surface area contributed by atoms with Gasteiger partial charge in [-0.05, 0) is 37.3 Å². The van der Waals surface area contributed by atoms with Crippen molar-refractivity contribution in [2.24, 2.45) is 0 Å². The summed E-state index contributed by atoms with van der Waals surface area (Å²) in [6.45, 7) is 1.45. The highest BCUT2D eigenvalue weighted by Crippen LogP contribution is 2.39. The van der Waals surface area contributed by atoms with E-state index >= 15 is 0 Å². The van der Waals surface area contributed by atoms with Gasteiger partial charge < -0.3 is 29.0 Å². The number of carbonyl (C=O) groups is 3. The average Bonchev–Trinajstić information content (AvgIpc) is 2.79. The molecule has 0 radical (unpaired) electrons. The zero-order chi connectivity index (χ0) is 22.4. The van der Waals surface area contributed by atoms with Gasteiger partial charge in [0.25, 0.3) is 0 Å². The molecule has 1 heterocycles. The lowest BCUT2D eigenvalue weighted by Gasteiger charge is -2.32. The molecule has 2 atom stereocenters. The third-order valence-electron chi connectivity index (χ3n) is 4.58. The molecular weight excluding hydrogens is 406 g/mol. The van der Waals surface area contributed by atoms with Crippen LogP contribution in [0.4, 0.5) is 4.79 Å². The van der Waals surface area contributed by atoms with Gasteiger partial charge in [-0.2, -0.15) is 0 Å². The van der Waals surface area contributed by atoms with Crippen LogP contribution in [0.25, 0.3) is 0 Å². The second kappa shape index (κ2) is 9.84. The monoisotopic (exact) mass is 429 g/mol. The Labute approximate surface area is 179 Å². The number of Topliss-reactive ketones (excluding diaryl/α,β-unsaturated/α-hetero) is 1. The first kappa shape index (κ1) is 21.9. The van der Waals surface area contributed by atoms with E-state index in [9.17, 15) is 14.4 Å². The molecule has 2 aromatic carbocycles. The van der Waals surface area contributed by atoms with Gasteiger partial charge in [-0.15, -0.1) is 0 Å². The molecule has 1 aliphatic rings. The molecule has 1 N–H and O–H groups in total. The van der Waals surface area contributed by atoms with E-state index in [1.165, 1.54) is 20.3 Å². The Balaban J connectivity index is 1.89. The van der Waals surface area contributed by atoms with Gasteiger partial charge in [0.2, 0.25) is 11.9 Å². The van der Waals surface area contributed by atoms with Crippen LogP contribution in [0.2, 0.25) is 0 Å². The summed E-state index contributed by atoms with van der Waals surface area (Å²) in [6.07, 6.45) is -3.17. The minimum absolute atomic E-state index is 0.182. The molecule has 2 aromatic rings. The molecule has 0 bridgehead atoms. The molecule has 3 rings (SSSR count). The maximum Gasteiger partial charge on any atom is 0.408 e. The SMILES string of the molecule is CCOC(=O)CNC(=O)OC1C(=O)c2cc(OC)ccc2O[C@H]1c1cccc(OC)c1. The van der Waals surface area contributed by atoms with Crippen LogP contribution in [-0.4, -0.2) is 51.3 Å². The van der Waals surface area contributed by atoms with Crippen molar-refractivity contribution in [3.63, 3.8) is 0 Å². The Bertz CT molecular complexity index is 974. The van der Waals surface area contributed by atoms with Gasteiger partial charge in [-0.3, -0.25) is 9.59 Å². The summed E-state index contributed by atoms with van der Waals surface area (Å²) in [5.41, 5.74) is 0.805. The highest BCUT2D eigenvalue weighted by atomic mass is 16.6. The summed E-state index contributed by atoms with van der Waals surface area (Å²) in [6, 6.07) is 11.7. The number of benzene rings is 2. The number of hydrogen-bond donors (Lipinski definition) is 1. The number of ether oxygens (including phenoxy) is 5. The van der Waals surface area contributed by atoms with Gasteiger partial charge in [0, 0.05) is 5.56 Å². The quantitative estimate of drug-likeness (QED) is 0.669. The van der Waals surface area contributed by atoms with Crippen LogP contribution in [-0.2, 0) is 14.3 Å². The molecule has 0 aromatic heterocycles. The summed E-state index contributed by atoms with van der Waals surface area (Å²) < 4.78 is 26.6. The summed E-state index contributed by atoms with van der Waals surface area (Å²) >= 11 is 0. The van der Waals surface area contributed by atoms with Gasteiger partial charge >= 0.3 is 12.1 Å². The number of rotatable bonds is 7. The van der Waals surface area contributed by atoms with Crippen molar-refractivity contribution in [1.82, 2.24) is 5.32 Å². The van der Waals surface area contributed by atoms with Crippen molar-refractivity contribution in [1.29, 1.82) is 0 Å². The third kappa shape index (κ3) is 5.06. The molecule has 164 valence electrons. The molecule has 1 amide bonds. The van der Waals surface area contributed by atoms with Crippen molar-refractivity contribution in [2.75, 3.05) is 27.4 Å².